The van der Waals surface area contributed by atoms with E-state index in [0.717, 1.165) is 24.3 Å². The van der Waals surface area contributed by atoms with E-state index in [9.17, 15) is 9.59 Å². The van der Waals surface area contributed by atoms with Crippen molar-refractivity contribution in [3.05, 3.63) is 58.6 Å². The maximum absolute atomic E-state index is 12.1. The predicted molar refractivity (Wildman–Crippen MR) is 105 cm³/mol. The molecule has 2 rings (SSSR count). The molecule has 6 heteroatoms. The molecule has 0 radical (unpaired) electrons. The number of anilines is 2. The van der Waals surface area contributed by atoms with Crippen molar-refractivity contribution in [2.24, 2.45) is 0 Å². The van der Waals surface area contributed by atoms with Gasteiger partial charge in [0.15, 0.2) is 6.61 Å². The lowest BCUT2D eigenvalue weighted by Gasteiger charge is -2.20. The molecule has 2 aromatic rings. The van der Waals surface area contributed by atoms with Crippen LogP contribution in [-0.4, -0.2) is 31.6 Å². The van der Waals surface area contributed by atoms with Crippen molar-refractivity contribution in [2.75, 3.05) is 29.9 Å². The Hall–Kier alpha value is -2.53. The Morgan fingerprint density at radius 1 is 1.08 bits per heavy atom. The number of esters is 1. The summed E-state index contributed by atoms with van der Waals surface area (Å²) in [5.41, 5.74) is 2.93. The number of hydrogen-bond acceptors (Lipinski definition) is 4. The van der Waals surface area contributed by atoms with Crippen LogP contribution >= 0.6 is 11.6 Å². The predicted octanol–water partition coefficient (Wildman–Crippen LogP) is 4.29. The minimum absolute atomic E-state index is 0.359. The molecule has 5 nitrogen and oxygen atoms in total. The van der Waals surface area contributed by atoms with Crippen LogP contribution in [0, 0.1) is 6.92 Å². The Morgan fingerprint density at radius 3 is 2.31 bits per heavy atom. The van der Waals surface area contributed by atoms with E-state index in [1.165, 1.54) is 0 Å². The molecule has 0 unspecified atom stereocenters. The number of ether oxygens (including phenoxy) is 1. The van der Waals surface area contributed by atoms with Crippen LogP contribution in [0.1, 0.15) is 29.8 Å². The smallest absolute Gasteiger partial charge is 0.338 e. The summed E-state index contributed by atoms with van der Waals surface area (Å²) in [6.07, 6.45) is 0. The molecule has 138 valence electrons. The standard InChI is InChI=1S/C20H23ClN2O3/c1-4-23(5-2)17-10-7-15(8-11-17)20(25)26-13-19(24)22-16-9-6-14(3)18(21)12-16/h6-12H,4-5,13H2,1-3H3,(H,22,24). The summed E-state index contributed by atoms with van der Waals surface area (Å²) in [5, 5.41) is 3.21. The fourth-order valence-electron chi connectivity index (χ4n) is 2.48. The Bertz CT molecular complexity index is 771. The average molecular weight is 375 g/mol. The van der Waals surface area contributed by atoms with Gasteiger partial charge in [-0.1, -0.05) is 17.7 Å². The number of benzene rings is 2. The molecular formula is C20H23ClN2O3. The van der Waals surface area contributed by atoms with Gasteiger partial charge < -0.3 is 15.0 Å². The normalized spacial score (nSPS) is 10.3. The van der Waals surface area contributed by atoms with Crippen molar-refractivity contribution in [1.29, 1.82) is 0 Å². The van der Waals surface area contributed by atoms with Crippen LogP contribution in [0.2, 0.25) is 5.02 Å². The fourth-order valence-corrected chi connectivity index (χ4v) is 2.66. The highest BCUT2D eigenvalue weighted by atomic mass is 35.5. The maximum Gasteiger partial charge on any atom is 0.338 e. The lowest BCUT2D eigenvalue weighted by atomic mass is 10.2. The number of halogens is 1. The second-order valence-electron chi connectivity index (χ2n) is 5.81. The molecule has 0 atom stereocenters. The van der Waals surface area contributed by atoms with E-state index in [2.05, 4.69) is 24.1 Å². The van der Waals surface area contributed by atoms with E-state index < -0.39 is 11.9 Å². The van der Waals surface area contributed by atoms with Crippen molar-refractivity contribution in [2.45, 2.75) is 20.8 Å². The summed E-state index contributed by atoms with van der Waals surface area (Å²) >= 11 is 6.02. The number of amides is 1. The molecule has 1 amide bonds. The van der Waals surface area contributed by atoms with Gasteiger partial charge in [0, 0.05) is 29.5 Å². The van der Waals surface area contributed by atoms with Gasteiger partial charge in [0.1, 0.15) is 0 Å². The van der Waals surface area contributed by atoms with Crippen LogP contribution in [-0.2, 0) is 9.53 Å². The van der Waals surface area contributed by atoms with E-state index in [1.54, 1.807) is 30.3 Å². The first-order chi connectivity index (χ1) is 12.4. The third kappa shape index (κ3) is 5.23. The minimum Gasteiger partial charge on any atom is -0.452 e. The number of nitrogens with zero attached hydrogens (tertiary/aromatic N) is 1. The van der Waals surface area contributed by atoms with Gasteiger partial charge in [-0.15, -0.1) is 0 Å². The summed E-state index contributed by atoms with van der Waals surface area (Å²) in [5.74, 6) is -0.953. The van der Waals surface area contributed by atoms with Crippen LogP contribution in [0.3, 0.4) is 0 Å². The number of nitrogens with one attached hydrogen (secondary N) is 1. The highest BCUT2D eigenvalue weighted by Crippen LogP contribution is 2.20. The monoisotopic (exact) mass is 374 g/mol. The fraction of sp³-hybridized carbons (Fsp3) is 0.300. The van der Waals surface area contributed by atoms with E-state index in [1.807, 2.05) is 19.1 Å². The van der Waals surface area contributed by atoms with Gasteiger partial charge in [-0.3, -0.25) is 4.79 Å². The van der Waals surface area contributed by atoms with Gasteiger partial charge in [-0.2, -0.15) is 0 Å². The van der Waals surface area contributed by atoms with Crippen LogP contribution in [0.4, 0.5) is 11.4 Å². The molecule has 26 heavy (non-hydrogen) atoms. The zero-order chi connectivity index (χ0) is 19.1. The molecule has 1 N–H and O–H groups in total. The molecule has 2 aromatic carbocycles. The Morgan fingerprint density at radius 2 is 1.73 bits per heavy atom. The topological polar surface area (TPSA) is 58.6 Å². The molecule has 0 bridgehead atoms. The van der Waals surface area contributed by atoms with Gasteiger partial charge in [-0.25, -0.2) is 4.79 Å². The maximum atomic E-state index is 12.1. The zero-order valence-electron chi connectivity index (χ0n) is 15.2. The molecule has 0 saturated carbocycles. The molecule has 0 heterocycles. The molecule has 0 aromatic heterocycles. The second kappa shape index (κ2) is 9.25. The van der Waals surface area contributed by atoms with Crippen molar-refractivity contribution in [1.82, 2.24) is 0 Å². The van der Waals surface area contributed by atoms with Crippen molar-refractivity contribution in [3.63, 3.8) is 0 Å². The van der Waals surface area contributed by atoms with Crippen molar-refractivity contribution in [3.8, 4) is 0 Å². The summed E-state index contributed by atoms with van der Waals surface area (Å²) < 4.78 is 5.07. The largest absolute Gasteiger partial charge is 0.452 e. The quantitative estimate of drug-likeness (QED) is 0.734. The molecular weight excluding hydrogens is 352 g/mol. The van der Waals surface area contributed by atoms with E-state index in [4.69, 9.17) is 16.3 Å². The Labute approximate surface area is 158 Å². The highest BCUT2D eigenvalue weighted by Gasteiger charge is 2.11. The third-order valence-corrected chi connectivity index (χ3v) is 4.43. The van der Waals surface area contributed by atoms with Crippen LogP contribution < -0.4 is 10.2 Å². The third-order valence-electron chi connectivity index (χ3n) is 4.02. The van der Waals surface area contributed by atoms with E-state index in [0.29, 0.717) is 16.3 Å². The van der Waals surface area contributed by atoms with Gasteiger partial charge in [-0.05, 0) is 62.7 Å². The molecule has 0 aliphatic heterocycles. The SMILES string of the molecule is CCN(CC)c1ccc(C(=O)OCC(=O)Nc2ccc(C)c(Cl)c2)cc1. The molecule has 0 aliphatic rings. The lowest BCUT2D eigenvalue weighted by Crippen LogP contribution is -2.22. The van der Waals surface area contributed by atoms with Gasteiger partial charge in [0.25, 0.3) is 5.91 Å². The van der Waals surface area contributed by atoms with Crippen LogP contribution in [0.25, 0.3) is 0 Å². The number of rotatable bonds is 7. The summed E-state index contributed by atoms with van der Waals surface area (Å²) in [6.45, 7) is 7.45. The zero-order valence-corrected chi connectivity index (χ0v) is 16.0. The van der Waals surface area contributed by atoms with Crippen molar-refractivity contribution < 1.29 is 14.3 Å². The summed E-state index contributed by atoms with van der Waals surface area (Å²) in [6, 6.07) is 12.4. The van der Waals surface area contributed by atoms with E-state index >= 15 is 0 Å². The van der Waals surface area contributed by atoms with Gasteiger partial charge >= 0.3 is 5.97 Å². The second-order valence-corrected chi connectivity index (χ2v) is 6.21. The molecule has 0 saturated heterocycles. The van der Waals surface area contributed by atoms with Gasteiger partial charge in [0.05, 0.1) is 5.56 Å². The Balaban J connectivity index is 1.89. The first-order valence-corrected chi connectivity index (χ1v) is 8.90. The minimum atomic E-state index is -0.534. The molecule has 0 spiro atoms. The molecule has 0 aliphatic carbocycles. The summed E-state index contributed by atoms with van der Waals surface area (Å²) in [7, 11) is 0. The van der Waals surface area contributed by atoms with Crippen LogP contribution in [0.15, 0.2) is 42.5 Å². The van der Waals surface area contributed by atoms with Crippen molar-refractivity contribution >= 4 is 34.9 Å². The van der Waals surface area contributed by atoms with Crippen LogP contribution in [0.5, 0.6) is 0 Å². The number of carbonyl (C=O) groups is 2. The summed E-state index contributed by atoms with van der Waals surface area (Å²) in [4.78, 5) is 26.2. The first kappa shape index (κ1) is 19.8. The Kier molecular flexibility index (Phi) is 7.04. The first-order valence-electron chi connectivity index (χ1n) is 8.52. The highest BCUT2D eigenvalue weighted by molar-refractivity contribution is 6.31. The number of hydrogen-bond donors (Lipinski definition) is 1. The number of aryl methyl sites for hydroxylation is 1. The molecule has 0 fully saturated rings. The number of carbonyl (C=O) groups excluding carboxylic acids is 2. The average Bonchev–Trinajstić information content (AvgIpc) is 2.64. The lowest BCUT2D eigenvalue weighted by molar-refractivity contribution is -0.119. The van der Waals surface area contributed by atoms with Gasteiger partial charge in [0.2, 0.25) is 0 Å². The van der Waals surface area contributed by atoms with E-state index in [-0.39, 0.29) is 6.61 Å².